The van der Waals surface area contributed by atoms with Gasteiger partial charge in [0.05, 0.1) is 45.6 Å². The number of aromatic amines is 2. The number of nitrogens with zero attached hydrogens (tertiary/aromatic N) is 8. The van der Waals surface area contributed by atoms with E-state index in [-0.39, 0.29) is 34.1 Å². The number of hydrogen-bond donors (Lipinski definition) is 12. The third-order valence-electron chi connectivity index (χ3n) is 11.7. The molecule has 16 atom stereocenters. The minimum Gasteiger partial charge on any atom is -0.387 e. The first-order chi connectivity index (χ1) is 35.9. The standard InChI is InChI=1S/C33H47N13O26P4S/c1-43-12-46(27-19(43)28(51)42-32(35)41-27)29-20(48)13(6-39-77(3,61)62)14(67-29)7-65-74(55,56)71-76(59,60)72-75(57,58)66-9-16-23(24(63-2)31(69-16)45-11-38-18-25(34)36-10-37-26(18)45)70-73(53,54)64-8-15-21(49)22(50)30(68-15)44-5-4-17(47)40-33(44)52/h4-5,10-16,20-24,29-31,39,48-50H,6-9H2,1-3H3,(H9-,34,35,36,37,40,41,42,47,51,52,53,54,55,56,57,58,59,60)/p+1/t13-,14-,15-,16-,20-,21-,22-,23-,24-,29-,30-,31-/m1/s1. The Bertz CT molecular complexity index is 3530. The van der Waals surface area contributed by atoms with E-state index in [0.717, 1.165) is 47.4 Å². The number of aryl methyl sites for hydroxylation is 1. The molecule has 0 saturated carbocycles. The lowest BCUT2D eigenvalue weighted by Crippen LogP contribution is -2.46. The van der Waals surface area contributed by atoms with Crippen LogP contribution in [-0.4, -0.2) is 175 Å². The molecular formula is C33H48N13O26P4S+. The molecule has 5 aromatic heterocycles. The third-order valence-corrected chi connectivity index (χ3v) is 17.7. The zero-order chi connectivity index (χ0) is 56.3. The molecule has 3 saturated heterocycles. The van der Waals surface area contributed by atoms with Crippen LogP contribution in [-0.2, 0) is 81.0 Å². The molecule has 0 aromatic carbocycles. The van der Waals surface area contributed by atoms with Crippen LogP contribution in [0.5, 0.6) is 0 Å². The lowest BCUT2D eigenvalue weighted by Gasteiger charge is -2.26. The van der Waals surface area contributed by atoms with Crippen molar-refractivity contribution in [3.63, 3.8) is 0 Å². The van der Waals surface area contributed by atoms with Crippen molar-refractivity contribution in [1.29, 1.82) is 0 Å². The van der Waals surface area contributed by atoms with Crippen molar-refractivity contribution in [2.24, 2.45) is 13.0 Å². The fraction of sp³-hybridized carbons (Fsp3) is 0.576. The number of methoxy groups -OCH3 is 1. The smallest absolute Gasteiger partial charge is 0.387 e. The average molecular weight is 1200 g/mol. The highest BCUT2D eigenvalue weighted by atomic mass is 32.2. The number of nitrogen functional groups attached to an aromatic ring is 2. The number of H-pyrrole nitrogens is 2. The molecule has 0 radical (unpaired) electrons. The molecule has 426 valence electrons. The molecular weight excluding hydrogens is 1150 g/mol. The summed E-state index contributed by atoms with van der Waals surface area (Å²) in [5, 5.41) is 32.6. The van der Waals surface area contributed by atoms with E-state index in [1.165, 1.54) is 22.5 Å². The van der Waals surface area contributed by atoms with Gasteiger partial charge in [-0.05, 0) is 0 Å². The summed E-state index contributed by atoms with van der Waals surface area (Å²) >= 11 is 0. The van der Waals surface area contributed by atoms with Gasteiger partial charge < -0.3 is 65.3 Å². The summed E-state index contributed by atoms with van der Waals surface area (Å²) in [7, 11) is -25.1. The normalized spacial score (nSPS) is 30.1. The predicted molar refractivity (Wildman–Crippen MR) is 248 cm³/mol. The maximum absolute atomic E-state index is 13.6. The Morgan fingerprint density at radius 3 is 2.09 bits per heavy atom. The van der Waals surface area contributed by atoms with Gasteiger partial charge >= 0.3 is 42.6 Å². The molecule has 3 aliphatic heterocycles. The minimum absolute atomic E-state index is 0.0124. The first-order valence-corrected chi connectivity index (χ1v) is 29.6. The highest BCUT2D eigenvalue weighted by Gasteiger charge is 2.54. The molecule has 8 rings (SSSR count). The van der Waals surface area contributed by atoms with Crippen LogP contribution in [0.2, 0.25) is 0 Å². The van der Waals surface area contributed by atoms with Crippen molar-refractivity contribution in [3.05, 3.63) is 62.4 Å². The van der Waals surface area contributed by atoms with Crippen molar-refractivity contribution in [1.82, 2.24) is 48.3 Å². The van der Waals surface area contributed by atoms with E-state index in [1.54, 1.807) is 0 Å². The molecule has 0 spiro atoms. The maximum Gasteiger partial charge on any atom is 0.490 e. The summed E-state index contributed by atoms with van der Waals surface area (Å²) in [4.78, 5) is 99.5. The number of imidazole rings is 2. The first-order valence-electron chi connectivity index (χ1n) is 21.7. The quantitative estimate of drug-likeness (QED) is 0.0228. The molecule has 8 heterocycles. The Morgan fingerprint density at radius 2 is 1.44 bits per heavy atom. The van der Waals surface area contributed by atoms with Gasteiger partial charge in [-0.3, -0.25) is 51.4 Å². The predicted octanol–water partition coefficient (Wildman–Crippen LogP) is -5.07. The molecule has 4 unspecified atom stereocenters. The van der Waals surface area contributed by atoms with E-state index in [0.29, 0.717) is 0 Å². The second-order valence-corrected chi connectivity index (χ2v) is 24.9. The van der Waals surface area contributed by atoms with Crippen molar-refractivity contribution < 1.29 is 112 Å². The first kappa shape index (κ1) is 58.5. The number of phosphoric ester groups is 3. The van der Waals surface area contributed by atoms with Crippen LogP contribution in [0.3, 0.4) is 0 Å². The van der Waals surface area contributed by atoms with E-state index in [4.69, 9.17) is 48.5 Å². The summed E-state index contributed by atoms with van der Waals surface area (Å²) in [6, 6.07) is 0.915. The number of sulfonamides is 1. The van der Waals surface area contributed by atoms with Crippen LogP contribution in [0, 0.1) is 5.92 Å². The number of anilines is 2. The van der Waals surface area contributed by atoms with Crippen LogP contribution in [0.4, 0.5) is 11.8 Å². The fourth-order valence-electron chi connectivity index (χ4n) is 8.37. The van der Waals surface area contributed by atoms with E-state index >= 15 is 0 Å². The van der Waals surface area contributed by atoms with E-state index in [2.05, 4.69) is 38.3 Å². The summed E-state index contributed by atoms with van der Waals surface area (Å²) in [5.74, 6) is -1.78. The number of nitrogens with two attached hydrogens (primary N) is 2. The van der Waals surface area contributed by atoms with Crippen molar-refractivity contribution in [2.45, 2.75) is 67.5 Å². The minimum atomic E-state index is -6.27. The van der Waals surface area contributed by atoms with Gasteiger partial charge in [-0.15, -0.1) is 0 Å². The number of hydrogen-bond acceptors (Lipinski definition) is 28. The highest BCUT2D eigenvalue weighted by Crippen LogP contribution is 2.68. The fourth-order valence-corrected chi connectivity index (χ4v) is 13.4. The van der Waals surface area contributed by atoms with Crippen molar-refractivity contribution in [2.75, 3.05) is 51.2 Å². The zero-order valence-corrected chi connectivity index (χ0v) is 43.9. The molecule has 3 aliphatic rings. The number of aromatic nitrogens is 10. The van der Waals surface area contributed by atoms with Gasteiger partial charge in [-0.25, -0.2) is 55.7 Å². The summed E-state index contributed by atoms with van der Waals surface area (Å²) < 4.78 is 135. The second-order valence-electron chi connectivity index (χ2n) is 17.0. The summed E-state index contributed by atoms with van der Waals surface area (Å²) in [5.41, 5.74) is 8.96. The Balaban J connectivity index is 0.950. The van der Waals surface area contributed by atoms with Crippen molar-refractivity contribution >= 4 is 75.4 Å². The second kappa shape index (κ2) is 22.1. The molecule has 77 heavy (non-hydrogen) atoms. The lowest BCUT2D eigenvalue weighted by atomic mass is 9.98. The van der Waals surface area contributed by atoms with Crippen LogP contribution in [0.25, 0.3) is 22.3 Å². The number of nitrogens with one attached hydrogen (secondary N) is 3. The molecule has 0 aliphatic carbocycles. The maximum atomic E-state index is 13.6. The van der Waals surface area contributed by atoms with E-state index in [9.17, 15) is 76.0 Å². The van der Waals surface area contributed by atoms with Crippen LogP contribution >= 0.6 is 31.3 Å². The third kappa shape index (κ3) is 13.0. The van der Waals surface area contributed by atoms with Gasteiger partial charge in [0.25, 0.3) is 17.1 Å². The van der Waals surface area contributed by atoms with Gasteiger partial charge in [0.2, 0.25) is 21.8 Å². The highest BCUT2D eigenvalue weighted by molar-refractivity contribution is 7.88. The Morgan fingerprint density at radius 1 is 0.805 bits per heavy atom. The molecule has 39 nitrogen and oxygen atoms in total. The van der Waals surface area contributed by atoms with E-state index < -0.39 is 158 Å². The average Bonchev–Trinajstić information content (AvgIpc) is 4.11. The Labute approximate surface area is 428 Å². The molecule has 0 bridgehead atoms. The number of aliphatic hydroxyl groups is 3. The zero-order valence-electron chi connectivity index (χ0n) is 39.5. The van der Waals surface area contributed by atoms with Gasteiger partial charge in [-0.2, -0.15) is 8.62 Å². The van der Waals surface area contributed by atoms with Gasteiger partial charge in [-0.1, -0.05) is 4.98 Å². The number of phosphoric acid groups is 4. The van der Waals surface area contributed by atoms with Crippen molar-refractivity contribution in [3.8, 4) is 0 Å². The van der Waals surface area contributed by atoms with Crippen LogP contribution < -0.4 is 37.6 Å². The Hall–Kier alpha value is -4.67. The number of rotatable bonds is 22. The van der Waals surface area contributed by atoms with E-state index in [1.807, 2.05) is 4.98 Å². The number of ether oxygens (including phenoxy) is 4. The summed E-state index contributed by atoms with van der Waals surface area (Å²) in [6.45, 7) is -4.06. The topological polar surface area (TPSA) is 553 Å². The van der Waals surface area contributed by atoms with Crippen LogP contribution in [0.1, 0.15) is 18.7 Å². The molecule has 3 fully saturated rings. The lowest BCUT2D eigenvalue weighted by molar-refractivity contribution is -0.745. The largest absolute Gasteiger partial charge is 0.490 e. The van der Waals surface area contributed by atoms with Gasteiger partial charge in [0.15, 0.2) is 30.2 Å². The molecule has 0 amide bonds. The monoisotopic (exact) mass is 1200 g/mol. The summed E-state index contributed by atoms with van der Waals surface area (Å²) in [6.07, 6.45) is -13.5. The van der Waals surface area contributed by atoms with Crippen LogP contribution in [0.15, 0.2) is 45.6 Å². The number of aliphatic hydroxyl groups excluding tert-OH is 3. The Kier molecular flexibility index (Phi) is 16.8. The molecule has 14 N–H and O–H groups in total. The van der Waals surface area contributed by atoms with Gasteiger partial charge in [0.1, 0.15) is 54.6 Å². The number of fused-ring (bicyclic) bond motifs is 2. The molecule has 44 heteroatoms. The SMILES string of the molecule is CO[C@@H]1[C@H](OP(=O)(O)OC[C@H]2O[C@@H](n3ccc(=O)[nH]c3=O)[C@H](O)[C@@H]2O)[C@@H](COP(=O)(O)OP(=O)(O)OP(=O)(O)OC[C@H]2O[C@@H]([n+]3cn(C)c4c(=O)[nH]c(N)nc43)[C@H](O)[C@@H]2CNS(C)(=O)=O)O[C@H]1n1cnc2c(N)ncnc21. The molecule has 5 aromatic rings. The van der Waals surface area contributed by atoms with Gasteiger partial charge in [0, 0.05) is 31.8 Å².